The Balaban J connectivity index is 1.84. The first-order valence-corrected chi connectivity index (χ1v) is 13.6. The number of benzene rings is 1. The highest BCUT2D eigenvalue weighted by Gasteiger charge is 2.18. The maximum Gasteiger partial charge on any atom is 0.244 e. The van der Waals surface area contributed by atoms with Gasteiger partial charge in [-0.3, -0.25) is 9.69 Å². The largest absolute Gasteiger partial charge is 0.493 e. The summed E-state index contributed by atoms with van der Waals surface area (Å²) in [6, 6.07) is 6.16. The van der Waals surface area contributed by atoms with Crippen molar-refractivity contribution in [3.8, 4) is 11.5 Å². The number of hydrogen-bond acceptors (Lipinski definition) is 4. The van der Waals surface area contributed by atoms with Crippen molar-refractivity contribution in [2.45, 2.75) is 91.0 Å². The third-order valence-corrected chi connectivity index (χ3v) is 6.80. The second kappa shape index (κ2) is 16.6. The lowest BCUT2D eigenvalue weighted by Crippen LogP contribution is -2.36. The van der Waals surface area contributed by atoms with E-state index in [1.54, 1.807) is 13.2 Å². The number of unbranched alkanes of at least 4 members (excludes halogenated alkanes) is 4. The highest BCUT2D eigenvalue weighted by Crippen LogP contribution is 2.28. The van der Waals surface area contributed by atoms with Crippen LogP contribution in [0.1, 0.15) is 90.5 Å². The molecule has 1 aromatic carbocycles. The maximum atomic E-state index is 12.3. The summed E-state index contributed by atoms with van der Waals surface area (Å²) in [5, 5.41) is 3.14. The van der Waals surface area contributed by atoms with E-state index >= 15 is 0 Å². The van der Waals surface area contributed by atoms with Crippen molar-refractivity contribution in [2.75, 3.05) is 33.4 Å². The molecule has 0 aromatic heterocycles. The van der Waals surface area contributed by atoms with Crippen LogP contribution in [0.5, 0.6) is 11.5 Å². The monoisotopic (exact) mass is 472 g/mol. The molecule has 34 heavy (non-hydrogen) atoms. The number of carbonyl (C=O) groups excluding carboxylic acids is 1. The number of nitrogens with zero attached hydrogens (tertiary/aromatic N) is 1. The van der Waals surface area contributed by atoms with Crippen LogP contribution in [0.25, 0.3) is 6.08 Å². The van der Waals surface area contributed by atoms with Gasteiger partial charge in [0, 0.05) is 18.7 Å². The van der Waals surface area contributed by atoms with Gasteiger partial charge < -0.3 is 14.8 Å². The molecule has 1 fully saturated rings. The molecule has 0 atom stereocenters. The van der Waals surface area contributed by atoms with Crippen molar-refractivity contribution in [3.05, 3.63) is 29.8 Å². The molecule has 5 nitrogen and oxygen atoms in total. The number of rotatable bonds is 16. The van der Waals surface area contributed by atoms with Gasteiger partial charge in [0.1, 0.15) is 6.61 Å². The van der Waals surface area contributed by atoms with Crippen LogP contribution in [0.3, 0.4) is 0 Å². The summed E-state index contributed by atoms with van der Waals surface area (Å²) in [7, 11) is 1.66. The fourth-order valence-corrected chi connectivity index (χ4v) is 4.52. The number of nitrogens with one attached hydrogen (secondary N) is 1. The van der Waals surface area contributed by atoms with Crippen LogP contribution in [0, 0.1) is 5.92 Å². The van der Waals surface area contributed by atoms with Gasteiger partial charge in [-0.1, -0.05) is 52.5 Å². The lowest BCUT2D eigenvalue weighted by molar-refractivity contribution is -0.117. The highest BCUT2D eigenvalue weighted by atomic mass is 16.5. The molecule has 0 aliphatic heterocycles. The minimum absolute atomic E-state index is 0.0231. The summed E-state index contributed by atoms with van der Waals surface area (Å²) >= 11 is 0. The molecule has 192 valence electrons. The Morgan fingerprint density at radius 1 is 1.00 bits per heavy atom. The van der Waals surface area contributed by atoms with Crippen LogP contribution in [-0.2, 0) is 4.79 Å². The van der Waals surface area contributed by atoms with Crippen molar-refractivity contribution in [1.29, 1.82) is 0 Å². The fraction of sp³-hybridized carbons (Fsp3) is 0.690. The Kier molecular flexibility index (Phi) is 13.8. The zero-order chi connectivity index (χ0) is 24.6. The molecule has 0 radical (unpaired) electrons. The molecule has 0 saturated heterocycles. The first kappa shape index (κ1) is 28.2. The van der Waals surface area contributed by atoms with Gasteiger partial charge >= 0.3 is 0 Å². The topological polar surface area (TPSA) is 50.8 Å². The Morgan fingerprint density at radius 2 is 1.68 bits per heavy atom. The number of amides is 1. The number of methoxy groups -OCH3 is 1. The Labute approximate surface area is 208 Å². The standard InChI is InChI=1S/C29H48N2O3/c1-5-7-9-19-31(20-10-8-6-2)21-22-34-27-17-13-25(23-28(27)33-4)14-18-29(32)30-26-15-11-24(3)12-16-26/h13-14,17-18,23-24,26H,5-12,15-16,19-22H2,1-4H3,(H,30,32)/b18-14+. The van der Waals surface area contributed by atoms with Crippen LogP contribution in [0.2, 0.25) is 0 Å². The van der Waals surface area contributed by atoms with Gasteiger partial charge in [0.15, 0.2) is 11.5 Å². The van der Waals surface area contributed by atoms with Crippen LogP contribution < -0.4 is 14.8 Å². The van der Waals surface area contributed by atoms with Crippen molar-refractivity contribution in [1.82, 2.24) is 10.2 Å². The molecule has 1 saturated carbocycles. The summed E-state index contributed by atoms with van der Waals surface area (Å²) < 4.78 is 11.7. The normalized spacial score (nSPS) is 18.4. The first-order valence-electron chi connectivity index (χ1n) is 13.6. The Morgan fingerprint density at radius 3 is 2.29 bits per heavy atom. The van der Waals surface area contributed by atoms with Crippen LogP contribution in [0.4, 0.5) is 0 Å². The van der Waals surface area contributed by atoms with Crippen LogP contribution in [0.15, 0.2) is 24.3 Å². The molecule has 0 spiro atoms. The van der Waals surface area contributed by atoms with E-state index in [0.29, 0.717) is 18.4 Å². The van der Waals surface area contributed by atoms with Gasteiger partial charge in [0.05, 0.1) is 7.11 Å². The zero-order valence-corrected chi connectivity index (χ0v) is 22.1. The highest BCUT2D eigenvalue weighted by molar-refractivity contribution is 5.92. The van der Waals surface area contributed by atoms with E-state index < -0.39 is 0 Å². The molecule has 1 aliphatic rings. The van der Waals surface area contributed by atoms with E-state index in [9.17, 15) is 4.79 Å². The van der Waals surface area contributed by atoms with Crippen molar-refractivity contribution in [3.63, 3.8) is 0 Å². The van der Waals surface area contributed by atoms with Crippen molar-refractivity contribution < 1.29 is 14.3 Å². The second-order valence-electron chi connectivity index (χ2n) is 9.81. The maximum absolute atomic E-state index is 12.3. The lowest BCUT2D eigenvalue weighted by atomic mass is 9.87. The van der Waals surface area contributed by atoms with Gasteiger partial charge in [-0.25, -0.2) is 0 Å². The molecule has 5 heteroatoms. The summed E-state index contributed by atoms with van der Waals surface area (Å²) in [6.07, 6.45) is 15.6. The summed E-state index contributed by atoms with van der Waals surface area (Å²) in [4.78, 5) is 14.9. The van der Waals surface area contributed by atoms with E-state index in [2.05, 4.69) is 31.0 Å². The number of carbonyl (C=O) groups is 1. The molecule has 2 rings (SSSR count). The van der Waals surface area contributed by atoms with E-state index in [4.69, 9.17) is 9.47 Å². The van der Waals surface area contributed by atoms with E-state index in [0.717, 1.165) is 49.7 Å². The van der Waals surface area contributed by atoms with E-state index in [1.807, 2.05) is 24.3 Å². The molecule has 0 bridgehead atoms. The van der Waals surface area contributed by atoms with Gasteiger partial charge in [-0.2, -0.15) is 0 Å². The second-order valence-corrected chi connectivity index (χ2v) is 9.81. The molecule has 1 aliphatic carbocycles. The third-order valence-electron chi connectivity index (χ3n) is 6.80. The van der Waals surface area contributed by atoms with Gasteiger partial charge in [0.25, 0.3) is 0 Å². The molecule has 0 unspecified atom stereocenters. The molecule has 1 N–H and O–H groups in total. The van der Waals surface area contributed by atoms with Crippen molar-refractivity contribution in [2.24, 2.45) is 5.92 Å². The van der Waals surface area contributed by atoms with E-state index in [-0.39, 0.29) is 5.91 Å². The van der Waals surface area contributed by atoms with E-state index in [1.165, 1.54) is 51.4 Å². The molecule has 0 heterocycles. The van der Waals surface area contributed by atoms with Gasteiger partial charge in [-0.15, -0.1) is 0 Å². The molecular formula is C29H48N2O3. The average molecular weight is 473 g/mol. The molecule has 1 aromatic rings. The van der Waals surface area contributed by atoms with Gasteiger partial charge in [-0.05, 0) is 81.3 Å². The number of ether oxygens (including phenoxy) is 2. The smallest absolute Gasteiger partial charge is 0.244 e. The minimum atomic E-state index is -0.0231. The summed E-state index contributed by atoms with van der Waals surface area (Å²) in [6.45, 7) is 10.6. The molecule has 1 amide bonds. The Hall–Kier alpha value is -2.01. The van der Waals surface area contributed by atoms with Crippen LogP contribution >= 0.6 is 0 Å². The molecular weight excluding hydrogens is 424 g/mol. The fourth-order valence-electron chi connectivity index (χ4n) is 4.52. The Bertz CT molecular complexity index is 716. The number of hydrogen-bond donors (Lipinski definition) is 1. The summed E-state index contributed by atoms with van der Waals surface area (Å²) in [5.74, 6) is 2.21. The minimum Gasteiger partial charge on any atom is -0.493 e. The van der Waals surface area contributed by atoms with Gasteiger partial charge in [0.2, 0.25) is 5.91 Å². The summed E-state index contributed by atoms with van der Waals surface area (Å²) in [5.41, 5.74) is 0.928. The predicted octanol–water partition coefficient (Wildman–Crippen LogP) is 6.46. The first-order chi connectivity index (χ1) is 16.5. The lowest BCUT2D eigenvalue weighted by Gasteiger charge is -2.26. The van der Waals surface area contributed by atoms with Crippen molar-refractivity contribution >= 4 is 12.0 Å². The zero-order valence-electron chi connectivity index (χ0n) is 22.1. The SMILES string of the molecule is CCCCCN(CCCCC)CCOc1ccc(/C=C/C(=O)NC2CCC(C)CC2)cc1OC. The predicted molar refractivity (Wildman–Crippen MR) is 143 cm³/mol. The average Bonchev–Trinajstić information content (AvgIpc) is 2.84. The third kappa shape index (κ3) is 10.9. The quantitative estimate of drug-likeness (QED) is 0.221. The van der Waals surface area contributed by atoms with Crippen LogP contribution in [-0.4, -0.2) is 50.2 Å².